The van der Waals surface area contributed by atoms with Crippen molar-refractivity contribution in [1.82, 2.24) is 9.88 Å². The van der Waals surface area contributed by atoms with Gasteiger partial charge in [-0.05, 0) is 18.2 Å². The lowest BCUT2D eigenvalue weighted by Crippen LogP contribution is -2.62. The molecule has 2 aliphatic heterocycles. The molecule has 0 bridgehead atoms. The van der Waals surface area contributed by atoms with Gasteiger partial charge in [0.1, 0.15) is 5.25 Å². The number of aromatic nitrogens is 1. The lowest BCUT2D eigenvalue weighted by Gasteiger charge is -2.40. The number of amides is 3. The molecule has 1 fully saturated rings. The number of rotatable bonds is 4. The number of anilines is 1. The fourth-order valence-corrected chi connectivity index (χ4v) is 5.09. The van der Waals surface area contributed by atoms with Gasteiger partial charge in [-0.2, -0.15) is 23.7 Å². The van der Waals surface area contributed by atoms with Crippen molar-refractivity contribution < 1.29 is 22.8 Å². The number of carbonyl (C=O) groups excluding carboxylic acids is 2. The van der Waals surface area contributed by atoms with Gasteiger partial charge in [0, 0.05) is 23.2 Å². The average molecular weight is 469 g/mol. The number of imide groups is 1. The van der Waals surface area contributed by atoms with Gasteiger partial charge in [0.15, 0.2) is 0 Å². The van der Waals surface area contributed by atoms with Crippen molar-refractivity contribution in [3.8, 4) is 12.1 Å². The quantitative estimate of drug-likeness (QED) is 0.666. The molecule has 0 N–H and O–H groups in total. The Morgan fingerprint density at radius 3 is 2.61 bits per heavy atom. The number of hydrogen-bond acceptors (Lipinski definition) is 6. The maximum atomic E-state index is 13.3. The summed E-state index contributed by atoms with van der Waals surface area (Å²) in [6, 6.07) is 9.97. The number of halogens is 3. The van der Waals surface area contributed by atoms with E-state index in [2.05, 4.69) is 11.1 Å². The van der Waals surface area contributed by atoms with Crippen LogP contribution >= 0.6 is 11.8 Å². The Labute approximate surface area is 190 Å². The minimum absolute atomic E-state index is 0.0170. The highest BCUT2D eigenvalue weighted by Gasteiger charge is 2.50. The van der Waals surface area contributed by atoms with E-state index in [-0.39, 0.29) is 18.7 Å². The second-order valence-electron chi connectivity index (χ2n) is 7.20. The molecule has 0 spiro atoms. The number of carbonyl (C=O) groups is 2. The van der Waals surface area contributed by atoms with Crippen molar-refractivity contribution in [1.29, 1.82) is 10.5 Å². The normalized spacial score (nSPS) is 20.2. The van der Waals surface area contributed by atoms with Crippen LogP contribution in [-0.2, 0) is 11.0 Å². The maximum absolute atomic E-state index is 13.3. The van der Waals surface area contributed by atoms with Gasteiger partial charge in [-0.25, -0.2) is 9.69 Å². The second kappa shape index (κ2) is 8.60. The minimum atomic E-state index is -4.70. The number of hydrogen-bond donors (Lipinski definition) is 0. The molecule has 3 heterocycles. The highest BCUT2D eigenvalue weighted by Crippen LogP contribution is 2.46. The van der Waals surface area contributed by atoms with Gasteiger partial charge in [0.25, 0.3) is 5.91 Å². The van der Waals surface area contributed by atoms with Crippen LogP contribution in [0, 0.1) is 22.7 Å². The molecule has 166 valence electrons. The first-order valence-corrected chi connectivity index (χ1v) is 10.6. The third-order valence-corrected chi connectivity index (χ3v) is 6.58. The van der Waals surface area contributed by atoms with E-state index in [4.69, 9.17) is 5.26 Å². The minimum Gasteiger partial charge on any atom is -0.315 e. The first-order valence-electron chi connectivity index (χ1n) is 9.68. The summed E-state index contributed by atoms with van der Waals surface area (Å²) in [7, 11) is 0. The Morgan fingerprint density at radius 1 is 1.15 bits per heavy atom. The average Bonchev–Trinajstić information content (AvgIpc) is 3.24. The maximum Gasteiger partial charge on any atom is 0.417 e. The van der Waals surface area contributed by atoms with Gasteiger partial charge >= 0.3 is 12.2 Å². The number of alkyl halides is 3. The topological polar surface area (TPSA) is 101 Å². The van der Waals surface area contributed by atoms with Crippen molar-refractivity contribution >= 4 is 34.3 Å². The Balaban J connectivity index is 1.75. The Bertz CT molecular complexity index is 1250. The number of nitrogens with zero attached hydrogens (tertiary/aromatic N) is 5. The Kier molecular flexibility index (Phi) is 5.83. The van der Waals surface area contributed by atoms with Crippen molar-refractivity contribution in [2.75, 3.05) is 11.4 Å². The lowest BCUT2D eigenvalue weighted by atomic mass is 10.0. The summed E-state index contributed by atoms with van der Waals surface area (Å²) in [6.07, 6.45) is -1.40. The zero-order valence-electron chi connectivity index (χ0n) is 16.8. The van der Waals surface area contributed by atoms with Crippen LogP contribution in [0.25, 0.3) is 4.91 Å². The molecule has 2 unspecified atom stereocenters. The molecule has 3 amide bonds. The van der Waals surface area contributed by atoms with Crippen molar-refractivity contribution in [3.05, 3.63) is 65.5 Å². The molecule has 11 heteroatoms. The second-order valence-corrected chi connectivity index (χ2v) is 8.39. The summed E-state index contributed by atoms with van der Waals surface area (Å²) < 4.78 is 39.6. The molecule has 1 aromatic carbocycles. The largest absolute Gasteiger partial charge is 0.417 e. The van der Waals surface area contributed by atoms with Gasteiger partial charge in [-0.3, -0.25) is 9.78 Å². The van der Waals surface area contributed by atoms with Gasteiger partial charge in [-0.1, -0.05) is 18.2 Å². The zero-order valence-corrected chi connectivity index (χ0v) is 17.6. The first-order chi connectivity index (χ1) is 15.8. The SMILES string of the molecule is N#CCCN1C(=O)N(c2cncc(C(F)(F)F)c2)C(=O)C2SC(c3ccccc3C#N)=CC21. The highest BCUT2D eigenvalue weighted by atomic mass is 32.2. The molecule has 1 saturated heterocycles. The number of fused-ring (bicyclic) bond motifs is 1. The molecule has 0 aliphatic carbocycles. The molecule has 2 aliphatic rings. The third-order valence-electron chi connectivity index (χ3n) is 5.23. The van der Waals surface area contributed by atoms with E-state index in [1.807, 2.05) is 6.07 Å². The van der Waals surface area contributed by atoms with E-state index < -0.39 is 35.0 Å². The van der Waals surface area contributed by atoms with Crippen LogP contribution in [0.1, 0.15) is 23.1 Å². The summed E-state index contributed by atoms with van der Waals surface area (Å²) in [5.74, 6) is -0.690. The van der Waals surface area contributed by atoms with Gasteiger partial charge in [0.2, 0.25) is 0 Å². The number of thioether (sulfide) groups is 1. The Hall–Kier alpha value is -3.83. The smallest absolute Gasteiger partial charge is 0.315 e. The highest BCUT2D eigenvalue weighted by molar-refractivity contribution is 8.09. The van der Waals surface area contributed by atoms with Crippen LogP contribution in [0.15, 0.2) is 48.8 Å². The number of benzene rings is 1. The van der Waals surface area contributed by atoms with Crippen LogP contribution in [0.3, 0.4) is 0 Å². The molecule has 2 aromatic rings. The summed E-state index contributed by atoms with van der Waals surface area (Å²) in [6.45, 7) is -0.0170. The van der Waals surface area contributed by atoms with Gasteiger partial charge in [-0.15, -0.1) is 11.8 Å². The predicted molar refractivity (Wildman–Crippen MR) is 113 cm³/mol. The molecule has 0 saturated carbocycles. The zero-order chi connectivity index (χ0) is 23.8. The third kappa shape index (κ3) is 4.03. The molecule has 33 heavy (non-hydrogen) atoms. The first kappa shape index (κ1) is 22.4. The molecule has 0 radical (unpaired) electrons. The summed E-state index contributed by atoms with van der Waals surface area (Å²) in [4.78, 5) is 32.7. The number of nitriles is 2. The van der Waals surface area contributed by atoms with E-state index in [1.54, 1.807) is 30.3 Å². The predicted octanol–water partition coefficient (Wildman–Crippen LogP) is 4.18. The van der Waals surface area contributed by atoms with Crippen LogP contribution in [0.5, 0.6) is 0 Å². The number of pyridine rings is 1. The molecule has 2 atom stereocenters. The van der Waals surface area contributed by atoms with Crippen molar-refractivity contribution in [2.45, 2.75) is 23.9 Å². The summed E-state index contributed by atoms with van der Waals surface area (Å²) in [5, 5.41) is 17.6. The van der Waals surface area contributed by atoms with Gasteiger partial charge < -0.3 is 4.90 Å². The van der Waals surface area contributed by atoms with E-state index in [0.29, 0.717) is 33.2 Å². The van der Waals surface area contributed by atoms with E-state index in [1.165, 1.54) is 4.90 Å². The van der Waals surface area contributed by atoms with Crippen LogP contribution < -0.4 is 4.90 Å². The molecular formula is C22H14F3N5O2S. The molecule has 7 nitrogen and oxygen atoms in total. The van der Waals surface area contributed by atoms with Crippen molar-refractivity contribution in [3.63, 3.8) is 0 Å². The Morgan fingerprint density at radius 2 is 1.91 bits per heavy atom. The van der Waals surface area contributed by atoms with Crippen molar-refractivity contribution in [2.24, 2.45) is 0 Å². The van der Waals surface area contributed by atoms with Crippen LogP contribution in [-0.4, -0.2) is 39.7 Å². The number of urea groups is 1. The van der Waals surface area contributed by atoms with Crippen LogP contribution in [0.2, 0.25) is 0 Å². The van der Waals surface area contributed by atoms with E-state index >= 15 is 0 Å². The van der Waals surface area contributed by atoms with Gasteiger partial charge in [0.05, 0.1) is 47.6 Å². The summed E-state index contributed by atoms with van der Waals surface area (Å²) in [5.41, 5.74) is -0.415. The monoisotopic (exact) mass is 469 g/mol. The fraction of sp³-hybridized carbons (Fsp3) is 0.227. The summed E-state index contributed by atoms with van der Waals surface area (Å²) >= 11 is 1.13. The molecule has 1 aromatic heterocycles. The standard InChI is InChI=1S/C22H14F3N5O2S/c23-22(24,25)14-8-15(12-28-11-14)30-20(31)19-17(29(21(30)32)7-3-6-26)9-18(33-19)16-5-2-1-4-13(16)10-27/h1-2,4-5,8-9,11-12,17,19H,3,7H2. The molecular weight excluding hydrogens is 455 g/mol. The lowest BCUT2D eigenvalue weighted by molar-refractivity contribution is -0.137. The van der Waals surface area contributed by atoms with Crippen LogP contribution in [0.4, 0.5) is 23.7 Å². The fourth-order valence-electron chi connectivity index (χ4n) is 3.72. The molecule has 4 rings (SSSR count). The van der Waals surface area contributed by atoms with E-state index in [9.17, 15) is 28.0 Å². The van der Waals surface area contributed by atoms with E-state index in [0.717, 1.165) is 18.0 Å².